The number of aromatic nitrogens is 2. The van der Waals surface area contributed by atoms with E-state index in [1.807, 2.05) is 32.9 Å². The zero-order valence-electron chi connectivity index (χ0n) is 12.2. The Balaban J connectivity index is 2.77. The fourth-order valence-corrected chi connectivity index (χ4v) is 2.45. The molecule has 0 unspecified atom stereocenters. The van der Waals surface area contributed by atoms with Gasteiger partial charge >= 0.3 is 0 Å². The molecule has 20 heavy (non-hydrogen) atoms. The Hall–Kier alpha value is -2.30. The number of aryl methyl sites for hydroxylation is 3. The molecule has 0 atom stereocenters. The first kappa shape index (κ1) is 14.1. The second kappa shape index (κ2) is 5.36. The second-order valence-corrected chi connectivity index (χ2v) is 4.74. The van der Waals surface area contributed by atoms with E-state index in [0.29, 0.717) is 23.6 Å². The molecule has 2 N–H and O–H groups in total. The predicted molar refractivity (Wildman–Crippen MR) is 79.2 cm³/mol. The average Bonchev–Trinajstić information content (AvgIpc) is 2.74. The van der Waals surface area contributed by atoms with Crippen LogP contribution in [0.4, 0.5) is 5.82 Å². The summed E-state index contributed by atoms with van der Waals surface area (Å²) in [5.41, 5.74) is 9.83. The van der Waals surface area contributed by atoms with Crippen molar-refractivity contribution in [2.24, 2.45) is 0 Å². The van der Waals surface area contributed by atoms with E-state index < -0.39 is 0 Å². The molecule has 0 aliphatic heterocycles. The lowest BCUT2D eigenvalue weighted by Gasteiger charge is -2.11. The van der Waals surface area contributed by atoms with Crippen molar-refractivity contribution in [3.63, 3.8) is 0 Å². The number of methoxy groups -OCH3 is 1. The number of hydrogen-bond acceptors (Lipinski definition) is 4. The summed E-state index contributed by atoms with van der Waals surface area (Å²) in [5, 5.41) is 4.44. The van der Waals surface area contributed by atoms with Gasteiger partial charge in [-0.2, -0.15) is 5.10 Å². The number of carbonyl (C=O) groups is 1. The lowest BCUT2D eigenvalue weighted by molar-refractivity contribution is 0.112. The van der Waals surface area contributed by atoms with Crippen LogP contribution in [0.3, 0.4) is 0 Å². The highest BCUT2D eigenvalue weighted by atomic mass is 16.5. The minimum atomic E-state index is 0.388. The van der Waals surface area contributed by atoms with Gasteiger partial charge in [-0.15, -0.1) is 0 Å². The van der Waals surface area contributed by atoms with E-state index in [1.54, 1.807) is 11.8 Å². The Morgan fingerprint density at radius 3 is 2.65 bits per heavy atom. The zero-order valence-corrected chi connectivity index (χ0v) is 12.2. The van der Waals surface area contributed by atoms with E-state index in [9.17, 15) is 4.79 Å². The highest BCUT2D eigenvalue weighted by Crippen LogP contribution is 2.36. The van der Waals surface area contributed by atoms with Gasteiger partial charge in [0.2, 0.25) is 0 Å². The molecule has 5 heteroatoms. The van der Waals surface area contributed by atoms with E-state index >= 15 is 0 Å². The van der Waals surface area contributed by atoms with Crippen molar-refractivity contribution in [3.8, 4) is 17.0 Å². The summed E-state index contributed by atoms with van der Waals surface area (Å²) in [6.45, 7) is 6.51. The van der Waals surface area contributed by atoms with Crippen molar-refractivity contribution in [2.45, 2.75) is 27.3 Å². The first-order valence-electron chi connectivity index (χ1n) is 6.50. The molecule has 1 heterocycles. The summed E-state index contributed by atoms with van der Waals surface area (Å²) in [6, 6.07) is 3.99. The number of nitrogens with two attached hydrogens (primary N) is 1. The largest absolute Gasteiger partial charge is 0.496 e. The molecule has 1 aromatic heterocycles. The van der Waals surface area contributed by atoms with E-state index in [1.165, 1.54) is 0 Å². The standard InChI is InChI=1S/C15H19N3O2/c1-5-18-15(16)12(8-19)13(17-18)11-7-9(2)6-10(3)14(11)20-4/h6-8H,5,16H2,1-4H3. The maximum Gasteiger partial charge on any atom is 0.156 e. The summed E-state index contributed by atoms with van der Waals surface area (Å²) in [5.74, 6) is 1.11. The maximum atomic E-state index is 11.3. The van der Waals surface area contributed by atoms with Gasteiger partial charge < -0.3 is 10.5 Å². The van der Waals surface area contributed by atoms with Gasteiger partial charge in [0, 0.05) is 12.1 Å². The van der Waals surface area contributed by atoms with Gasteiger partial charge in [-0.3, -0.25) is 4.79 Å². The maximum absolute atomic E-state index is 11.3. The van der Waals surface area contributed by atoms with Crippen LogP contribution in [0.5, 0.6) is 5.75 Å². The van der Waals surface area contributed by atoms with Gasteiger partial charge in [-0.25, -0.2) is 4.68 Å². The molecular weight excluding hydrogens is 254 g/mol. The number of rotatable bonds is 4. The van der Waals surface area contributed by atoms with E-state index in [4.69, 9.17) is 10.5 Å². The molecule has 106 valence electrons. The first-order chi connectivity index (χ1) is 9.53. The van der Waals surface area contributed by atoms with Gasteiger partial charge in [0.05, 0.1) is 12.7 Å². The molecule has 0 bridgehead atoms. The number of benzene rings is 1. The number of aldehydes is 1. The van der Waals surface area contributed by atoms with E-state index in [0.717, 1.165) is 28.7 Å². The molecule has 0 fully saturated rings. The third-order valence-electron chi connectivity index (χ3n) is 3.33. The number of nitrogens with zero attached hydrogens (tertiary/aromatic N) is 2. The summed E-state index contributed by atoms with van der Waals surface area (Å²) in [4.78, 5) is 11.3. The van der Waals surface area contributed by atoms with Crippen LogP contribution in [-0.4, -0.2) is 23.2 Å². The first-order valence-corrected chi connectivity index (χ1v) is 6.50. The quantitative estimate of drug-likeness (QED) is 0.869. The molecule has 0 aliphatic rings. The van der Waals surface area contributed by atoms with Crippen molar-refractivity contribution in [1.82, 2.24) is 9.78 Å². The van der Waals surface area contributed by atoms with Crippen LogP contribution in [0.25, 0.3) is 11.3 Å². The van der Waals surface area contributed by atoms with Gasteiger partial charge in [0.1, 0.15) is 17.3 Å². The number of hydrogen-bond donors (Lipinski definition) is 1. The fraction of sp³-hybridized carbons (Fsp3) is 0.333. The molecule has 0 saturated carbocycles. The van der Waals surface area contributed by atoms with Crippen molar-refractivity contribution >= 4 is 12.1 Å². The molecule has 0 saturated heterocycles. The number of anilines is 1. The average molecular weight is 273 g/mol. The number of carbonyl (C=O) groups excluding carboxylic acids is 1. The summed E-state index contributed by atoms with van der Waals surface area (Å²) in [6.07, 6.45) is 0.751. The highest BCUT2D eigenvalue weighted by molar-refractivity contribution is 5.93. The smallest absolute Gasteiger partial charge is 0.156 e. The number of nitrogen functional groups attached to an aromatic ring is 1. The lowest BCUT2D eigenvalue weighted by atomic mass is 10.0. The SMILES string of the molecule is CCn1nc(-c2cc(C)cc(C)c2OC)c(C=O)c1N. The molecule has 0 spiro atoms. The fourth-order valence-electron chi connectivity index (χ4n) is 2.45. The molecule has 0 amide bonds. The highest BCUT2D eigenvalue weighted by Gasteiger charge is 2.20. The molecule has 0 aliphatic carbocycles. The van der Waals surface area contributed by atoms with Crippen molar-refractivity contribution in [2.75, 3.05) is 12.8 Å². The summed E-state index contributed by atoms with van der Waals surface area (Å²) in [7, 11) is 1.61. The molecule has 1 aromatic carbocycles. The Morgan fingerprint density at radius 2 is 2.10 bits per heavy atom. The van der Waals surface area contributed by atoms with Crippen LogP contribution in [0.1, 0.15) is 28.4 Å². The summed E-state index contributed by atoms with van der Waals surface area (Å²) < 4.78 is 7.08. The van der Waals surface area contributed by atoms with Crippen LogP contribution in [0.15, 0.2) is 12.1 Å². The molecule has 5 nitrogen and oxygen atoms in total. The van der Waals surface area contributed by atoms with Crippen molar-refractivity contribution in [1.29, 1.82) is 0 Å². The monoisotopic (exact) mass is 273 g/mol. The van der Waals surface area contributed by atoms with Crippen molar-refractivity contribution in [3.05, 3.63) is 28.8 Å². The Kier molecular flexibility index (Phi) is 3.79. The minimum absolute atomic E-state index is 0.388. The molecule has 2 aromatic rings. The van der Waals surface area contributed by atoms with Crippen LogP contribution in [0.2, 0.25) is 0 Å². The third kappa shape index (κ3) is 2.15. The van der Waals surface area contributed by atoms with Gasteiger partial charge in [-0.05, 0) is 38.0 Å². The van der Waals surface area contributed by atoms with Crippen molar-refractivity contribution < 1.29 is 9.53 Å². The van der Waals surface area contributed by atoms with Crippen LogP contribution >= 0.6 is 0 Å². The van der Waals surface area contributed by atoms with Gasteiger partial charge in [0.15, 0.2) is 6.29 Å². The topological polar surface area (TPSA) is 70.1 Å². The Bertz CT molecular complexity index is 660. The second-order valence-electron chi connectivity index (χ2n) is 4.74. The van der Waals surface area contributed by atoms with Crippen LogP contribution in [-0.2, 0) is 6.54 Å². The van der Waals surface area contributed by atoms with Gasteiger partial charge in [-0.1, -0.05) is 6.07 Å². The minimum Gasteiger partial charge on any atom is -0.496 e. The molecule has 0 radical (unpaired) electrons. The molecule has 2 rings (SSSR count). The van der Waals surface area contributed by atoms with Crippen LogP contribution < -0.4 is 10.5 Å². The Labute approximate surface area is 118 Å². The lowest BCUT2D eigenvalue weighted by Crippen LogP contribution is -2.02. The Morgan fingerprint density at radius 1 is 1.40 bits per heavy atom. The molecular formula is C15H19N3O2. The summed E-state index contributed by atoms with van der Waals surface area (Å²) >= 11 is 0. The number of ether oxygens (including phenoxy) is 1. The van der Waals surface area contributed by atoms with Gasteiger partial charge in [0.25, 0.3) is 0 Å². The zero-order chi connectivity index (χ0) is 14.9. The van der Waals surface area contributed by atoms with E-state index in [2.05, 4.69) is 5.10 Å². The van der Waals surface area contributed by atoms with E-state index in [-0.39, 0.29) is 0 Å². The van der Waals surface area contributed by atoms with Crippen LogP contribution in [0, 0.1) is 13.8 Å². The third-order valence-corrected chi connectivity index (χ3v) is 3.33. The predicted octanol–water partition coefficient (Wildman–Crippen LogP) is 2.59. The normalized spacial score (nSPS) is 10.6.